The van der Waals surface area contributed by atoms with Crippen molar-refractivity contribution in [3.8, 4) is 0 Å². The Balaban J connectivity index is 5.63. The number of amides is 1. The van der Waals surface area contributed by atoms with E-state index in [1.165, 1.54) is 0 Å². The summed E-state index contributed by atoms with van der Waals surface area (Å²) in [6.07, 6.45) is -13.7. The first-order chi connectivity index (χ1) is 6.81. The van der Waals surface area contributed by atoms with Crippen molar-refractivity contribution in [3.05, 3.63) is 0 Å². The first-order valence-electron chi connectivity index (χ1n) is 3.15. The zero-order valence-electron chi connectivity index (χ0n) is 6.81. The van der Waals surface area contributed by atoms with Gasteiger partial charge in [-0.25, -0.2) is 4.39 Å². The molecule has 0 fully saturated rings. The van der Waals surface area contributed by atoms with Gasteiger partial charge in [0, 0.05) is 0 Å². The third kappa shape index (κ3) is 2.02. The Morgan fingerprint density at radius 1 is 0.750 bits per heavy atom. The Morgan fingerprint density at radius 3 is 1.31 bits per heavy atom. The van der Waals surface area contributed by atoms with Gasteiger partial charge in [-0.2, -0.15) is 35.1 Å². The molecule has 0 spiro atoms. The predicted molar refractivity (Wildman–Crippen MR) is 29.7 cm³/mol. The van der Waals surface area contributed by atoms with E-state index in [1.54, 1.807) is 0 Å². The minimum absolute atomic E-state index is 0.182. The van der Waals surface area contributed by atoms with E-state index in [0.717, 1.165) is 0 Å². The Labute approximate surface area is 81.4 Å². The molecule has 1 radical (unpaired) electrons. The van der Waals surface area contributed by atoms with E-state index < -0.39 is 24.1 Å². The molecule has 0 aliphatic carbocycles. The zero-order valence-corrected chi connectivity index (χ0v) is 6.81. The van der Waals surface area contributed by atoms with Crippen molar-refractivity contribution < 1.29 is 44.3 Å². The van der Waals surface area contributed by atoms with Crippen molar-refractivity contribution in [1.82, 2.24) is 5.32 Å². The van der Waals surface area contributed by atoms with E-state index in [-0.39, 0.29) is 11.7 Å². The van der Waals surface area contributed by atoms with Gasteiger partial charge in [-0.15, -0.1) is 0 Å². The molecular formula is C5HF9NO. The van der Waals surface area contributed by atoms with Crippen LogP contribution in [0.3, 0.4) is 0 Å². The first kappa shape index (κ1) is 14.8. The second kappa shape index (κ2) is 3.70. The van der Waals surface area contributed by atoms with Gasteiger partial charge in [-0.1, -0.05) is 0 Å². The fourth-order valence-corrected chi connectivity index (χ4v) is 0.593. The van der Waals surface area contributed by atoms with Gasteiger partial charge in [-0.3, -0.25) is 4.79 Å². The fraction of sp³-hybridized carbons (Fsp3) is 0.800. The molecule has 0 aliphatic rings. The second-order valence-electron chi connectivity index (χ2n) is 2.46. The second-order valence-corrected chi connectivity index (χ2v) is 2.46. The Bertz CT molecular complexity index is 268. The average Bonchev–Trinajstić information content (AvgIpc) is 1.99. The van der Waals surface area contributed by atoms with E-state index >= 15 is 0 Å². The lowest BCUT2D eigenvalue weighted by Crippen LogP contribution is -2.69. The molecule has 1 atom stereocenters. The van der Waals surface area contributed by atoms with Crippen LogP contribution in [0.25, 0.3) is 0 Å². The molecule has 0 saturated heterocycles. The Kier molecular flexibility index (Phi) is 3.43. The van der Waals surface area contributed by atoms with Crippen LogP contribution in [0.15, 0.2) is 0 Å². The highest BCUT2D eigenvalue weighted by atomic mass is 19.4. The predicted octanol–water partition coefficient (Wildman–Crippen LogP) is 2.07. The minimum Gasteiger partial charge on any atom is -0.303 e. The van der Waals surface area contributed by atoms with Crippen LogP contribution in [0.5, 0.6) is 0 Å². The van der Waals surface area contributed by atoms with Crippen molar-refractivity contribution >= 4 is 6.41 Å². The molecule has 0 aromatic rings. The number of hydrogen-bond acceptors (Lipinski definition) is 1. The molecule has 0 aliphatic heterocycles. The van der Waals surface area contributed by atoms with E-state index in [0.29, 0.717) is 0 Å². The molecule has 0 rings (SSSR count). The van der Waals surface area contributed by atoms with Crippen molar-refractivity contribution in [2.24, 2.45) is 0 Å². The quantitative estimate of drug-likeness (QED) is 0.471. The number of rotatable bonds is 3. The highest BCUT2D eigenvalue weighted by molar-refractivity contribution is 5.49. The minimum atomic E-state index is -6.84. The van der Waals surface area contributed by atoms with E-state index in [9.17, 15) is 44.3 Å². The number of hydrogen-bond donors (Lipinski definition) is 1. The molecule has 0 bridgehead atoms. The number of carbonyl (C=O) groups excluding carboxylic acids is 1. The fourth-order valence-electron chi connectivity index (χ4n) is 0.593. The first-order valence-corrected chi connectivity index (χ1v) is 3.15. The summed E-state index contributed by atoms with van der Waals surface area (Å²) in [5.41, 5.74) is 0. The Morgan fingerprint density at radius 2 is 1.12 bits per heavy atom. The van der Waals surface area contributed by atoms with Gasteiger partial charge < -0.3 is 5.32 Å². The summed E-state index contributed by atoms with van der Waals surface area (Å²) in [4.78, 5) is 9.36. The third-order valence-electron chi connectivity index (χ3n) is 1.40. The summed E-state index contributed by atoms with van der Waals surface area (Å²) < 4.78 is 107. The lowest BCUT2D eigenvalue weighted by Gasteiger charge is -2.34. The van der Waals surface area contributed by atoms with Gasteiger partial charge in [0.1, 0.15) is 0 Å². The molecular weight excluding hydrogens is 261 g/mol. The van der Waals surface area contributed by atoms with Gasteiger partial charge in [0.15, 0.2) is 0 Å². The molecule has 1 unspecified atom stereocenters. The summed E-state index contributed by atoms with van der Waals surface area (Å²) in [6, 6.07) is 0. The highest BCUT2D eigenvalue weighted by Crippen LogP contribution is 2.50. The summed E-state index contributed by atoms with van der Waals surface area (Å²) in [5, 5.41) is -0.321. The van der Waals surface area contributed by atoms with Crippen LogP contribution in [-0.2, 0) is 4.79 Å². The van der Waals surface area contributed by atoms with Crippen molar-refractivity contribution in [3.63, 3.8) is 0 Å². The molecule has 1 N–H and O–H groups in total. The lowest BCUT2D eigenvalue weighted by molar-refractivity contribution is -0.387. The molecule has 11 heteroatoms. The van der Waals surface area contributed by atoms with Crippen LogP contribution < -0.4 is 5.32 Å². The van der Waals surface area contributed by atoms with E-state index in [4.69, 9.17) is 0 Å². The molecule has 2 nitrogen and oxygen atoms in total. The Hall–Kier alpha value is -1.16. The maximum absolute atomic E-state index is 12.6. The summed E-state index contributed by atoms with van der Waals surface area (Å²) >= 11 is 0. The smallest absolute Gasteiger partial charge is 0.303 e. The molecule has 0 aromatic heterocycles. The van der Waals surface area contributed by atoms with Crippen molar-refractivity contribution in [1.29, 1.82) is 0 Å². The summed E-state index contributed by atoms with van der Waals surface area (Å²) in [6.45, 7) is 0. The van der Waals surface area contributed by atoms with Crippen molar-refractivity contribution in [2.75, 3.05) is 0 Å². The van der Waals surface area contributed by atoms with Gasteiger partial charge in [0.05, 0.1) is 0 Å². The van der Waals surface area contributed by atoms with Gasteiger partial charge in [-0.05, 0) is 0 Å². The van der Waals surface area contributed by atoms with Gasteiger partial charge in [0.25, 0.3) is 0 Å². The number of halogens is 9. The largest absolute Gasteiger partial charge is 0.459 e. The zero-order chi connectivity index (χ0) is 13.4. The van der Waals surface area contributed by atoms with Crippen LogP contribution in [0.1, 0.15) is 0 Å². The lowest BCUT2D eigenvalue weighted by atomic mass is 10.1. The van der Waals surface area contributed by atoms with Crippen molar-refractivity contribution in [2.45, 2.75) is 24.1 Å². The van der Waals surface area contributed by atoms with E-state index in [2.05, 4.69) is 0 Å². The van der Waals surface area contributed by atoms with Crippen LogP contribution in [0, 0.1) is 0 Å². The number of nitrogens with one attached hydrogen (secondary N) is 1. The molecule has 1 amide bonds. The van der Waals surface area contributed by atoms with Crippen LogP contribution in [0.2, 0.25) is 0 Å². The number of alkyl halides is 9. The maximum Gasteiger partial charge on any atom is 0.459 e. The molecule has 16 heavy (non-hydrogen) atoms. The monoisotopic (exact) mass is 262 g/mol. The standard InChI is InChI=1S/C5HF9NO/c6-2(7,4(9,10)11)3(8,15-1-16)5(12,13)14/h(H,15,16). The van der Waals surface area contributed by atoms with Crippen LogP contribution >= 0.6 is 0 Å². The van der Waals surface area contributed by atoms with Crippen LogP contribution in [0.4, 0.5) is 39.5 Å². The average molecular weight is 262 g/mol. The SMILES string of the molecule is O=[C]NC(F)(C(F)(F)F)C(F)(F)C(F)(F)F. The normalized spacial score (nSPS) is 17.8. The summed E-state index contributed by atoms with van der Waals surface area (Å²) in [5.74, 6) is -13.1. The van der Waals surface area contributed by atoms with Gasteiger partial charge in [0.2, 0.25) is 0 Å². The molecule has 0 saturated carbocycles. The third-order valence-corrected chi connectivity index (χ3v) is 1.40. The van der Waals surface area contributed by atoms with Gasteiger partial charge >= 0.3 is 30.5 Å². The highest BCUT2D eigenvalue weighted by Gasteiger charge is 2.81. The summed E-state index contributed by atoms with van der Waals surface area (Å²) in [7, 11) is 0. The molecule has 0 aromatic carbocycles. The molecule has 0 heterocycles. The topological polar surface area (TPSA) is 29.1 Å². The van der Waals surface area contributed by atoms with Crippen LogP contribution in [-0.4, -0.2) is 30.5 Å². The maximum atomic E-state index is 12.6. The molecule has 95 valence electrons. The van der Waals surface area contributed by atoms with E-state index in [1.807, 2.05) is 0 Å².